The lowest BCUT2D eigenvalue weighted by atomic mass is 10.1. The van der Waals surface area contributed by atoms with E-state index in [1.165, 1.54) is 5.56 Å². The Hall–Kier alpha value is -2.27. The van der Waals surface area contributed by atoms with E-state index >= 15 is 0 Å². The minimum atomic E-state index is 0.0350. The topological polar surface area (TPSA) is 49.4 Å². The zero-order valence-electron chi connectivity index (χ0n) is 16.0. The summed E-state index contributed by atoms with van der Waals surface area (Å²) in [4.78, 5) is 26.5. The summed E-state index contributed by atoms with van der Waals surface area (Å²) < 4.78 is 0. The van der Waals surface area contributed by atoms with E-state index in [2.05, 4.69) is 11.4 Å². The van der Waals surface area contributed by atoms with Crippen LogP contribution in [0.4, 0.5) is 11.4 Å². The molecule has 0 saturated heterocycles. The van der Waals surface area contributed by atoms with E-state index in [0.717, 1.165) is 47.6 Å². The first kappa shape index (κ1) is 19.5. The maximum Gasteiger partial charge on any atom is 0.236 e. The molecule has 27 heavy (non-hydrogen) atoms. The van der Waals surface area contributed by atoms with Crippen LogP contribution < -0.4 is 10.2 Å². The number of amides is 2. The molecule has 3 rings (SSSR count). The van der Waals surface area contributed by atoms with Crippen molar-refractivity contribution in [1.29, 1.82) is 0 Å². The highest BCUT2D eigenvalue weighted by Crippen LogP contribution is 2.28. The third-order valence-electron chi connectivity index (χ3n) is 4.85. The Labute approximate surface area is 165 Å². The van der Waals surface area contributed by atoms with E-state index in [1.807, 2.05) is 55.1 Å². The first-order valence-corrected chi connectivity index (χ1v) is 10.5. The van der Waals surface area contributed by atoms with Crippen molar-refractivity contribution >= 4 is 35.0 Å². The highest BCUT2D eigenvalue weighted by molar-refractivity contribution is 7.99. The average molecular weight is 383 g/mol. The van der Waals surface area contributed by atoms with E-state index in [-0.39, 0.29) is 11.8 Å². The monoisotopic (exact) mass is 382 g/mol. The Kier molecular flexibility index (Phi) is 6.56. The number of fused-ring (bicyclic) bond motifs is 1. The summed E-state index contributed by atoms with van der Waals surface area (Å²) in [6.45, 7) is 4.78. The summed E-state index contributed by atoms with van der Waals surface area (Å²) in [6.07, 6.45) is 2.18. The van der Waals surface area contributed by atoms with Gasteiger partial charge in [-0.3, -0.25) is 9.59 Å². The summed E-state index contributed by atoms with van der Waals surface area (Å²) in [5, 5.41) is 3.01. The molecule has 2 aromatic carbocycles. The number of hydrogen-bond donors (Lipinski definition) is 1. The number of thioether (sulfide) groups is 1. The molecule has 0 unspecified atom stereocenters. The van der Waals surface area contributed by atoms with Crippen LogP contribution in [0.1, 0.15) is 29.5 Å². The molecule has 0 saturated carbocycles. The normalized spacial score (nSPS) is 12.7. The second-order valence-corrected chi connectivity index (χ2v) is 8.00. The van der Waals surface area contributed by atoms with Gasteiger partial charge in [0, 0.05) is 24.3 Å². The lowest BCUT2D eigenvalue weighted by Crippen LogP contribution is -2.30. The van der Waals surface area contributed by atoms with Crippen LogP contribution in [-0.4, -0.2) is 29.9 Å². The van der Waals surface area contributed by atoms with Gasteiger partial charge in [-0.05, 0) is 55.2 Å². The molecule has 5 heteroatoms. The predicted molar refractivity (Wildman–Crippen MR) is 114 cm³/mol. The summed E-state index contributed by atoms with van der Waals surface area (Å²) >= 11 is 1.61. The second kappa shape index (κ2) is 9.09. The fraction of sp³-hybridized carbons (Fsp3) is 0.364. The molecule has 0 atom stereocenters. The number of carbonyl (C=O) groups is 2. The summed E-state index contributed by atoms with van der Waals surface area (Å²) in [7, 11) is 0. The van der Waals surface area contributed by atoms with Gasteiger partial charge >= 0.3 is 0 Å². The van der Waals surface area contributed by atoms with Crippen molar-refractivity contribution in [2.45, 2.75) is 33.1 Å². The van der Waals surface area contributed by atoms with Crippen LogP contribution in [0.2, 0.25) is 0 Å². The molecular weight excluding hydrogens is 356 g/mol. The molecule has 1 N–H and O–H groups in total. The van der Waals surface area contributed by atoms with Gasteiger partial charge in [0.15, 0.2) is 0 Å². The number of rotatable bonds is 7. The van der Waals surface area contributed by atoms with Gasteiger partial charge in [0.1, 0.15) is 0 Å². The molecule has 0 aliphatic carbocycles. The molecular formula is C22H26N2O2S. The zero-order chi connectivity index (χ0) is 19.2. The number of carbonyl (C=O) groups excluding carboxylic acids is 2. The molecule has 2 aromatic rings. The summed E-state index contributed by atoms with van der Waals surface area (Å²) in [5.41, 5.74) is 5.37. The number of benzene rings is 2. The first-order valence-electron chi connectivity index (χ1n) is 9.38. The van der Waals surface area contributed by atoms with Gasteiger partial charge in [0.2, 0.25) is 11.8 Å². The lowest BCUT2D eigenvalue weighted by molar-refractivity contribution is -0.116. The number of para-hydroxylation sites is 2. The fourth-order valence-electron chi connectivity index (χ4n) is 3.38. The van der Waals surface area contributed by atoms with Crippen molar-refractivity contribution in [3.63, 3.8) is 0 Å². The molecule has 142 valence electrons. The summed E-state index contributed by atoms with van der Waals surface area (Å²) in [6, 6.07) is 14.1. The van der Waals surface area contributed by atoms with E-state index < -0.39 is 0 Å². The van der Waals surface area contributed by atoms with Crippen LogP contribution in [0.3, 0.4) is 0 Å². The maximum atomic E-state index is 12.4. The van der Waals surface area contributed by atoms with Crippen molar-refractivity contribution in [3.05, 3.63) is 59.2 Å². The van der Waals surface area contributed by atoms with Crippen LogP contribution in [0.5, 0.6) is 0 Å². The summed E-state index contributed by atoms with van der Waals surface area (Å²) in [5.74, 6) is 1.46. The first-order chi connectivity index (χ1) is 13.1. The molecule has 1 aliphatic rings. The Morgan fingerprint density at radius 1 is 1.07 bits per heavy atom. The Bertz CT molecular complexity index is 815. The SMILES string of the molecule is Cc1cccc(C)c1NC(=O)CCCSCC(=O)N1CCc2ccccc21. The van der Waals surface area contributed by atoms with Gasteiger partial charge in [0.25, 0.3) is 0 Å². The standard InChI is InChI=1S/C22H26N2O2S/c1-16-7-5-8-17(2)22(16)23-20(25)11-6-14-27-15-21(26)24-13-12-18-9-3-4-10-19(18)24/h3-5,7-10H,6,11-15H2,1-2H3,(H,23,25). The quantitative estimate of drug-likeness (QED) is 0.725. The molecule has 0 spiro atoms. The molecule has 0 radical (unpaired) electrons. The van der Waals surface area contributed by atoms with Crippen LogP contribution in [-0.2, 0) is 16.0 Å². The van der Waals surface area contributed by atoms with Crippen molar-refractivity contribution in [2.24, 2.45) is 0 Å². The Morgan fingerprint density at radius 3 is 2.59 bits per heavy atom. The van der Waals surface area contributed by atoms with Crippen LogP contribution >= 0.6 is 11.8 Å². The molecule has 0 aromatic heterocycles. The molecule has 0 fully saturated rings. The van der Waals surface area contributed by atoms with Crippen molar-refractivity contribution in [2.75, 3.05) is 28.3 Å². The Morgan fingerprint density at radius 2 is 1.81 bits per heavy atom. The molecule has 0 bridgehead atoms. The second-order valence-electron chi connectivity index (χ2n) is 6.90. The van der Waals surface area contributed by atoms with Gasteiger partial charge in [-0.25, -0.2) is 0 Å². The number of anilines is 2. The highest BCUT2D eigenvalue weighted by atomic mass is 32.2. The number of nitrogens with one attached hydrogen (secondary N) is 1. The average Bonchev–Trinajstić information content (AvgIpc) is 3.08. The van der Waals surface area contributed by atoms with E-state index in [4.69, 9.17) is 0 Å². The smallest absolute Gasteiger partial charge is 0.236 e. The van der Waals surface area contributed by atoms with Crippen molar-refractivity contribution < 1.29 is 9.59 Å². The zero-order valence-corrected chi connectivity index (χ0v) is 16.8. The minimum absolute atomic E-state index is 0.0350. The van der Waals surface area contributed by atoms with Gasteiger partial charge in [0.05, 0.1) is 5.75 Å². The molecule has 1 aliphatic heterocycles. The fourth-order valence-corrected chi connectivity index (χ4v) is 4.21. The largest absolute Gasteiger partial charge is 0.326 e. The number of aryl methyl sites for hydroxylation is 2. The maximum absolute atomic E-state index is 12.4. The highest BCUT2D eigenvalue weighted by Gasteiger charge is 2.23. The minimum Gasteiger partial charge on any atom is -0.326 e. The lowest BCUT2D eigenvalue weighted by Gasteiger charge is -2.17. The van der Waals surface area contributed by atoms with E-state index in [0.29, 0.717) is 12.2 Å². The van der Waals surface area contributed by atoms with E-state index in [9.17, 15) is 9.59 Å². The predicted octanol–water partition coefficient (Wildman–Crippen LogP) is 4.34. The van der Waals surface area contributed by atoms with Gasteiger partial charge in [-0.15, -0.1) is 0 Å². The van der Waals surface area contributed by atoms with Crippen LogP contribution in [0, 0.1) is 13.8 Å². The molecule has 1 heterocycles. The van der Waals surface area contributed by atoms with Crippen LogP contribution in [0.15, 0.2) is 42.5 Å². The molecule has 4 nitrogen and oxygen atoms in total. The van der Waals surface area contributed by atoms with Crippen LogP contribution in [0.25, 0.3) is 0 Å². The van der Waals surface area contributed by atoms with Crippen molar-refractivity contribution in [1.82, 2.24) is 0 Å². The number of nitrogens with zero attached hydrogens (tertiary/aromatic N) is 1. The third kappa shape index (κ3) is 4.92. The van der Waals surface area contributed by atoms with Gasteiger partial charge in [-0.1, -0.05) is 36.4 Å². The molecule has 2 amide bonds. The number of hydrogen-bond acceptors (Lipinski definition) is 3. The van der Waals surface area contributed by atoms with Gasteiger partial charge < -0.3 is 10.2 Å². The van der Waals surface area contributed by atoms with E-state index in [1.54, 1.807) is 11.8 Å². The third-order valence-corrected chi connectivity index (χ3v) is 5.88. The Balaban J connectivity index is 1.37. The van der Waals surface area contributed by atoms with Gasteiger partial charge in [-0.2, -0.15) is 11.8 Å². The van der Waals surface area contributed by atoms with Crippen molar-refractivity contribution in [3.8, 4) is 0 Å².